The summed E-state index contributed by atoms with van der Waals surface area (Å²) in [5.41, 5.74) is 20.6. The lowest BCUT2D eigenvalue weighted by molar-refractivity contribution is 0.925. The Hall–Kier alpha value is -7.42. The number of para-hydroxylation sites is 3. The third kappa shape index (κ3) is 6.86. The van der Waals surface area contributed by atoms with Crippen molar-refractivity contribution in [3.63, 3.8) is 0 Å². The minimum Gasteiger partial charge on any atom is -0.355 e. The average molecular weight is 771 g/mol. The molecule has 1 atom stereocenters. The molecule has 1 aromatic heterocycles. The molecule has 0 aliphatic carbocycles. The topological polar surface area (TPSA) is 17.0 Å². The van der Waals surface area contributed by atoms with Gasteiger partial charge in [0, 0.05) is 39.3 Å². The molecule has 0 fully saturated rings. The summed E-state index contributed by atoms with van der Waals surface area (Å²) in [5, 5.41) is 6.22. The number of benzene rings is 9. The number of nitrogens with one attached hydrogen (secondary N) is 1. The van der Waals surface area contributed by atoms with Gasteiger partial charge in [-0.15, -0.1) is 0 Å². The fraction of sp³-hybridized carbons (Fsp3) is 0.0690. The van der Waals surface area contributed by atoms with E-state index in [4.69, 9.17) is 0 Å². The molecule has 0 bridgehead atoms. The van der Waals surface area contributed by atoms with Gasteiger partial charge in [0.25, 0.3) is 0 Å². The van der Waals surface area contributed by atoms with Crippen LogP contribution in [0.1, 0.15) is 35.1 Å². The Labute approximate surface area is 353 Å². The van der Waals surface area contributed by atoms with E-state index in [1.807, 2.05) is 0 Å². The van der Waals surface area contributed by atoms with Gasteiger partial charge in [-0.25, -0.2) is 0 Å². The molecule has 0 aliphatic heterocycles. The Bertz CT molecular complexity index is 3140. The Morgan fingerprint density at radius 1 is 0.400 bits per heavy atom. The van der Waals surface area contributed by atoms with Gasteiger partial charge < -0.3 is 9.88 Å². The van der Waals surface area contributed by atoms with Gasteiger partial charge in [0.1, 0.15) is 0 Å². The number of aromatic nitrogens is 1. The number of rotatable bonds is 9. The molecule has 10 aromatic rings. The summed E-state index contributed by atoms with van der Waals surface area (Å²) >= 11 is 0. The number of hydrogen-bond acceptors (Lipinski definition) is 1. The molecule has 1 N–H and O–H groups in total. The molecule has 9 aromatic carbocycles. The predicted molar refractivity (Wildman–Crippen MR) is 256 cm³/mol. The second kappa shape index (κ2) is 15.7. The van der Waals surface area contributed by atoms with Crippen molar-refractivity contribution in [3.8, 4) is 50.2 Å². The Balaban J connectivity index is 1.12. The minimum absolute atomic E-state index is 0.195. The van der Waals surface area contributed by atoms with Crippen LogP contribution >= 0.6 is 0 Å². The number of hydrogen-bond donors (Lipinski definition) is 1. The van der Waals surface area contributed by atoms with Crippen LogP contribution in [0.4, 0.5) is 11.4 Å². The third-order valence-electron chi connectivity index (χ3n) is 12.2. The molecular weight excluding hydrogens is 725 g/mol. The second-order valence-electron chi connectivity index (χ2n) is 16.0. The van der Waals surface area contributed by atoms with Gasteiger partial charge in [-0.1, -0.05) is 153 Å². The van der Waals surface area contributed by atoms with Gasteiger partial charge in [-0.2, -0.15) is 0 Å². The van der Waals surface area contributed by atoms with Crippen LogP contribution < -0.4 is 5.32 Å². The number of fused-ring (bicyclic) bond motifs is 3. The van der Waals surface area contributed by atoms with E-state index in [1.54, 1.807) is 0 Å². The fourth-order valence-electron chi connectivity index (χ4n) is 8.98. The summed E-state index contributed by atoms with van der Waals surface area (Å²) in [5.74, 6) is 0.195. The highest BCUT2D eigenvalue weighted by molar-refractivity contribution is 6.10. The van der Waals surface area contributed by atoms with Crippen molar-refractivity contribution >= 4 is 33.2 Å². The molecule has 2 heteroatoms. The SMILES string of the molecule is Cc1ccccc1-c1cc(-c2ccc(C)c(-c3cc(-c4ccc5c(c4)c4ccccc4n5-c4ccccc4)ccc3C(C)c3ccccc3)c2)ccc1Nc1ccccc1. The second-order valence-corrected chi connectivity index (χ2v) is 16.0. The molecule has 60 heavy (non-hydrogen) atoms. The van der Waals surface area contributed by atoms with Gasteiger partial charge >= 0.3 is 0 Å². The predicted octanol–water partition coefficient (Wildman–Crippen LogP) is 16.0. The van der Waals surface area contributed by atoms with Crippen molar-refractivity contribution in [1.82, 2.24) is 4.57 Å². The Morgan fingerprint density at radius 2 is 0.950 bits per heavy atom. The van der Waals surface area contributed by atoms with E-state index in [-0.39, 0.29) is 5.92 Å². The average Bonchev–Trinajstić information content (AvgIpc) is 3.64. The summed E-state index contributed by atoms with van der Waals surface area (Å²) in [4.78, 5) is 0. The van der Waals surface area contributed by atoms with Crippen molar-refractivity contribution in [1.29, 1.82) is 0 Å². The van der Waals surface area contributed by atoms with E-state index in [0.717, 1.165) is 11.4 Å². The van der Waals surface area contributed by atoms with Gasteiger partial charge in [0.2, 0.25) is 0 Å². The summed E-state index contributed by atoms with van der Waals surface area (Å²) < 4.78 is 2.38. The van der Waals surface area contributed by atoms with E-state index >= 15 is 0 Å². The Kier molecular flexibility index (Phi) is 9.67. The van der Waals surface area contributed by atoms with Crippen LogP contribution in [-0.2, 0) is 0 Å². The highest BCUT2D eigenvalue weighted by Gasteiger charge is 2.19. The molecule has 10 rings (SSSR count). The summed E-state index contributed by atoms with van der Waals surface area (Å²) in [6.45, 7) is 6.78. The first kappa shape index (κ1) is 36.9. The maximum atomic E-state index is 3.71. The van der Waals surface area contributed by atoms with Gasteiger partial charge in [0.05, 0.1) is 11.0 Å². The first-order chi connectivity index (χ1) is 29.5. The highest BCUT2D eigenvalue weighted by Crippen LogP contribution is 2.42. The summed E-state index contributed by atoms with van der Waals surface area (Å²) in [7, 11) is 0. The van der Waals surface area contributed by atoms with Crippen LogP contribution in [0.25, 0.3) is 72.0 Å². The van der Waals surface area contributed by atoms with Crippen LogP contribution in [0.2, 0.25) is 0 Å². The lowest BCUT2D eigenvalue weighted by Gasteiger charge is -2.21. The molecule has 2 nitrogen and oxygen atoms in total. The quantitative estimate of drug-likeness (QED) is 0.155. The van der Waals surface area contributed by atoms with Crippen LogP contribution in [0.3, 0.4) is 0 Å². The van der Waals surface area contributed by atoms with Gasteiger partial charge in [0.15, 0.2) is 0 Å². The maximum Gasteiger partial charge on any atom is 0.0541 e. The van der Waals surface area contributed by atoms with Crippen molar-refractivity contribution in [3.05, 3.63) is 235 Å². The molecule has 1 heterocycles. The number of aryl methyl sites for hydroxylation is 2. The molecule has 0 saturated carbocycles. The molecule has 288 valence electrons. The lowest BCUT2D eigenvalue weighted by atomic mass is 9.83. The number of nitrogens with zero attached hydrogens (tertiary/aromatic N) is 1. The molecule has 1 unspecified atom stereocenters. The highest BCUT2D eigenvalue weighted by atomic mass is 15.0. The largest absolute Gasteiger partial charge is 0.355 e. The molecule has 0 aliphatic rings. The number of anilines is 2. The van der Waals surface area contributed by atoms with Gasteiger partial charge in [-0.3, -0.25) is 0 Å². The molecule has 0 spiro atoms. The Morgan fingerprint density at radius 3 is 1.72 bits per heavy atom. The zero-order valence-electron chi connectivity index (χ0n) is 34.2. The standard InChI is InChI=1S/C58H46N2/c1-39-17-13-14-24-49(39)54-37-45(30-33-56(54)59-47-20-9-5-10-21-47)43-28-27-40(2)52(35-43)53-36-44(29-32-50(53)41(3)42-18-7-4-8-19-42)46-31-34-58-55(38-46)51-25-15-16-26-57(51)60(58)48-22-11-6-12-23-48/h4-38,41,59H,1-3H3. The molecule has 0 saturated heterocycles. The van der Waals surface area contributed by atoms with E-state index in [0.29, 0.717) is 0 Å². The zero-order valence-corrected chi connectivity index (χ0v) is 34.2. The van der Waals surface area contributed by atoms with Crippen molar-refractivity contribution in [2.45, 2.75) is 26.7 Å². The fourth-order valence-corrected chi connectivity index (χ4v) is 8.98. The van der Waals surface area contributed by atoms with Crippen LogP contribution in [-0.4, -0.2) is 4.57 Å². The summed E-state index contributed by atoms with van der Waals surface area (Å²) in [6.07, 6.45) is 0. The van der Waals surface area contributed by atoms with Crippen LogP contribution in [0, 0.1) is 13.8 Å². The van der Waals surface area contributed by atoms with E-state index in [9.17, 15) is 0 Å². The van der Waals surface area contributed by atoms with Crippen LogP contribution in [0.5, 0.6) is 0 Å². The summed E-state index contributed by atoms with van der Waals surface area (Å²) in [6, 6.07) is 77.4. The molecule has 0 amide bonds. The first-order valence-corrected chi connectivity index (χ1v) is 20.9. The van der Waals surface area contributed by atoms with E-state index in [1.165, 1.54) is 94.3 Å². The first-order valence-electron chi connectivity index (χ1n) is 20.9. The normalized spacial score (nSPS) is 11.8. The van der Waals surface area contributed by atoms with Crippen molar-refractivity contribution in [2.75, 3.05) is 5.32 Å². The lowest BCUT2D eigenvalue weighted by Crippen LogP contribution is -2.00. The van der Waals surface area contributed by atoms with Gasteiger partial charge in [-0.05, 0) is 142 Å². The third-order valence-corrected chi connectivity index (χ3v) is 12.2. The molecular formula is C58H46N2. The van der Waals surface area contributed by atoms with Crippen LogP contribution in [0.15, 0.2) is 212 Å². The maximum absolute atomic E-state index is 3.71. The molecule has 0 radical (unpaired) electrons. The zero-order chi connectivity index (χ0) is 40.6. The van der Waals surface area contributed by atoms with Crippen molar-refractivity contribution in [2.24, 2.45) is 0 Å². The van der Waals surface area contributed by atoms with Crippen molar-refractivity contribution < 1.29 is 0 Å². The van der Waals surface area contributed by atoms with E-state index in [2.05, 4.69) is 243 Å². The minimum atomic E-state index is 0.195. The monoisotopic (exact) mass is 770 g/mol. The van der Waals surface area contributed by atoms with E-state index < -0.39 is 0 Å². The smallest absolute Gasteiger partial charge is 0.0541 e.